The molecule has 0 spiro atoms. The number of nitrogens with one attached hydrogen (secondary N) is 1. The third-order valence-corrected chi connectivity index (χ3v) is 7.26. The molecule has 1 fully saturated rings. The fraction of sp³-hybridized carbons (Fsp3) is 0.286. The number of ether oxygens (including phenoxy) is 1. The number of aromatic nitrogens is 4. The number of fused-ring (bicyclic) bond motifs is 2. The number of methoxy groups -OCH3 is 1. The van der Waals surface area contributed by atoms with Crippen LogP contribution in [-0.2, 0) is 6.42 Å². The molecule has 2 aromatic carbocycles. The summed E-state index contributed by atoms with van der Waals surface area (Å²) in [4.78, 5) is 15.1. The minimum Gasteiger partial charge on any atom is -0.497 e. The quantitative estimate of drug-likeness (QED) is 0.335. The van der Waals surface area contributed by atoms with E-state index in [2.05, 4.69) is 37.5 Å². The Kier molecular flexibility index (Phi) is 5.83. The molecule has 4 N–H and O–H groups in total. The minimum atomic E-state index is -0.531. The number of rotatable bonds is 6. The second-order valence-corrected chi connectivity index (χ2v) is 9.47. The van der Waals surface area contributed by atoms with Gasteiger partial charge in [-0.25, -0.2) is 9.97 Å². The van der Waals surface area contributed by atoms with Crippen LogP contribution in [0.2, 0.25) is 0 Å². The van der Waals surface area contributed by atoms with E-state index in [4.69, 9.17) is 15.5 Å². The lowest BCUT2D eigenvalue weighted by Crippen LogP contribution is -2.42. The molecule has 8 nitrogen and oxygen atoms in total. The lowest BCUT2D eigenvalue weighted by atomic mass is 9.95. The number of imidazole rings is 1. The maximum absolute atomic E-state index is 10.9. The number of aliphatic hydroxyl groups is 1. The molecule has 184 valence electrons. The van der Waals surface area contributed by atoms with Crippen LogP contribution in [0, 0.1) is 0 Å². The summed E-state index contributed by atoms with van der Waals surface area (Å²) in [6, 6.07) is 18.2. The number of nitrogen functional groups attached to an aromatic ring is 1. The number of para-hydroxylation sites is 1. The number of H-pyrrole nitrogens is 1. The van der Waals surface area contributed by atoms with Crippen LogP contribution >= 0.6 is 0 Å². The molecule has 36 heavy (non-hydrogen) atoms. The van der Waals surface area contributed by atoms with Crippen LogP contribution in [0.25, 0.3) is 27.8 Å². The smallest absolute Gasteiger partial charge is 0.150 e. The summed E-state index contributed by atoms with van der Waals surface area (Å²) in [5.41, 5.74) is 11.1. The topological polar surface area (TPSA) is 105 Å². The van der Waals surface area contributed by atoms with E-state index >= 15 is 0 Å². The van der Waals surface area contributed by atoms with Crippen molar-refractivity contribution in [2.24, 2.45) is 0 Å². The molecule has 0 saturated carbocycles. The second-order valence-electron chi connectivity index (χ2n) is 9.47. The first-order valence-electron chi connectivity index (χ1n) is 12.4. The van der Waals surface area contributed by atoms with E-state index in [-0.39, 0.29) is 5.92 Å². The van der Waals surface area contributed by atoms with Crippen LogP contribution in [0.4, 0.5) is 5.82 Å². The second kappa shape index (κ2) is 9.29. The van der Waals surface area contributed by atoms with Crippen molar-refractivity contribution in [1.29, 1.82) is 0 Å². The Balaban J connectivity index is 1.24. The Bertz CT molecular complexity index is 1480. The molecule has 3 aromatic heterocycles. The summed E-state index contributed by atoms with van der Waals surface area (Å²) in [6.07, 6.45) is 5.53. The molecule has 0 aliphatic carbocycles. The van der Waals surface area contributed by atoms with Crippen LogP contribution < -0.4 is 10.5 Å². The standard InChI is InChI=1S/C28H30N6O2/c1-36-21-7-4-5-18(15-21)16-24(35)33-12-9-19(10-13-33)28-32-25(26-27(29)30-11-14-34(26)28)23-17-20-6-2-3-8-22(20)31-23/h2-8,11,14-15,17,19,24,31,35H,9-10,12-13,16H2,1H3,(H2,29,30). The van der Waals surface area contributed by atoms with Gasteiger partial charge in [-0.2, -0.15) is 0 Å². The summed E-state index contributed by atoms with van der Waals surface area (Å²) >= 11 is 0. The van der Waals surface area contributed by atoms with Crippen LogP contribution in [0.3, 0.4) is 0 Å². The fourth-order valence-electron chi connectivity index (χ4n) is 5.36. The van der Waals surface area contributed by atoms with Gasteiger partial charge in [0.2, 0.25) is 0 Å². The van der Waals surface area contributed by atoms with Gasteiger partial charge >= 0.3 is 0 Å². The Morgan fingerprint density at radius 2 is 1.97 bits per heavy atom. The van der Waals surface area contributed by atoms with Crippen molar-refractivity contribution in [3.8, 4) is 17.1 Å². The van der Waals surface area contributed by atoms with E-state index in [0.29, 0.717) is 12.2 Å². The first kappa shape index (κ1) is 22.6. The third-order valence-electron chi connectivity index (χ3n) is 7.26. The van der Waals surface area contributed by atoms with Gasteiger partial charge in [-0.15, -0.1) is 0 Å². The van der Waals surface area contributed by atoms with Gasteiger partial charge < -0.3 is 20.6 Å². The molecule has 4 heterocycles. The van der Waals surface area contributed by atoms with Gasteiger partial charge in [0.05, 0.1) is 12.8 Å². The van der Waals surface area contributed by atoms with Gasteiger partial charge in [0.15, 0.2) is 0 Å². The van der Waals surface area contributed by atoms with Gasteiger partial charge in [-0.1, -0.05) is 30.3 Å². The van der Waals surface area contributed by atoms with Crippen molar-refractivity contribution in [3.63, 3.8) is 0 Å². The highest BCUT2D eigenvalue weighted by molar-refractivity contribution is 5.91. The molecule has 8 heteroatoms. The van der Waals surface area contributed by atoms with Gasteiger partial charge in [0.1, 0.15) is 34.8 Å². The molecular weight excluding hydrogens is 452 g/mol. The van der Waals surface area contributed by atoms with Gasteiger partial charge in [0.25, 0.3) is 0 Å². The van der Waals surface area contributed by atoms with E-state index in [0.717, 1.165) is 70.9 Å². The summed E-state index contributed by atoms with van der Waals surface area (Å²) in [6.45, 7) is 1.60. The number of aliphatic hydroxyl groups excluding tert-OH is 1. The number of nitrogens with two attached hydrogens (primary N) is 1. The summed E-state index contributed by atoms with van der Waals surface area (Å²) in [5, 5.41) is 12.0. The van der Waals surface area contributed by atoms with Crippen molar-refractivity contribution in [1.82, 2.24) is 24.3 Å². The monoisotopic (exact) mass is 482 g/mol. The van der Waals surface area contributed by atoms with Gasteiger partial charge in [-0.05, 0) is 42.7 Å². The highest BCUT2D eigenvalue weighted by atomic mass is 16.5. The van der Waals surface area contributed by atoms with E-state index in [1.165, 1.54) is 0 Å². The predicted molar refractivity (Wildman–Crippen MR) is 141 cm³/mol. The molecule has 0 amide bonds. The zero-order valence-corrected chi connectivity index (χ0v) is 20.3. The zero-order valence-electron chi connectivity index (χ0n) is 20.3. The normalized spacial score (nSPS) is 16.1. The summed E-state index contributed by atoms with van der Waals surface area (Å²) in [7, 11) is 1.66. The molecule has 0 radical (unpaired) electrons. The van der Waals surface area contributed by atoms with E-state index < -0.39 is 6.23 Å². The Morgan fingerprint density at radius 3 is 2.78 bits per heavy atom. The van der Waals surface area contributed by atoms with Crippen molar-refractivity contribution in [2.75, 3.05) is 25.9 Å². The van der Waals surface area contributed by atoms with E-state index in [1.54, 1.807) is 13.3 Å². The number of anilines is 1. The highest BCUT2D eigenvalue weighted by Crippen LogP contribution is 2.35. The summed E-state index contributed by atoms with van der Waals surface area (Å²) in [5.74, 6) is 2.53. The number of hydrogen-bond acceptors (Lipinski definition) is 6. The molecule has 0 bridgehead atoms. The van der Waals surface area contributed by atoms with Crippen LogP contribution in [0.5, 0.6) is 5.75 Å². The number of hydrogen-bond donors (Lipinski definition) is 3. The van der Waals surface area contributed by atoms with Crippen molar-refractivity contribution in [3.05, 3.63) is 78.4 Å². The Morgan fingerprint density at radius 1 is 1.14 bits per heavy atom. The molecule has 1 aliphatic heterocycles. The molecule has 1 unspecified atom stereocenters. The molecule has 6 rings (SSSR count). The number of likely N-dealkylation sites (tertiary alicyclic amines) is 1. The lowest BCUT2D eigenvalue weighted by Gasteiger charge is -2.34. The number of nitrogens with zero attached hydrogens (tertiary/aromatic N) is 4. The Hall–Kier alpha value is -3.88. The van der Waals surface area contributed by atoms with Crippen molar-refractivity contribution >= 4 is 22.2 Å². The minimum absolute atomic E-state index is 0.262. The average Bonchev–Trinajstić information content (AvgIpc) is 3.51. The highest BCUT2D eigenvalue weighted by Gasteiger charge is 2.29. The predicted octanol–water partition coefficient (Wildman–Crippen LogP) is 4.21. The third kappa shape index (κ3) is 4.08. The number of benzene rings is 2. The van der Waals surface area contributed by atoms with E-state index in [9.17, 15) is 5.11 Å². The van der Waals surface area contributed by atoms with Gasteiger partial charge in [-0.3, -0.25) is 9.30 Å². The van der Waals surface area contributed by atoms with Crippen molar-refractivity contribution < 1.29 is 9.84 Å². The number of aromatic amines is 1. The largest absolute Gasteiger partial charge is 0.497 e. The maximum Gasteiger partial charge on any atom is 0.150 e. The molecule has 1 atom stereocenters. The molecule has 1 aliphatic rings. The van der Waals surface area contributed by atoms with Crippen LogP contribution in [0.1, 0.15) is 30.1 Å². The lowest BCUT2D eigenvalue weighted by molar-refractivity contribution is -0.0108. The zero-order chi connectivity index (χ0) is 24.6. The van der Waals surface area contributed by atoms with Crippen molar-refractivity contribution in [2.45, 2.75) is 31.4 Å². The summed E-state index contributed by atoms with van der Waals surface area (Å²) < 4.78 is 7.41. The fourth-order valence-corrected chi connectivity index (χ4v) is 5.36. The first-order valence-corrected chi connectivity index (χ1v) is 12.4. The molecule has 1 saturated heterocycles. The average molecular weight is 483 g/mol. The Labute approximate surface area is 209 Å². The maximum atomic E-state index is 10.9. The number of piperidine rings is 1. The molecule has 5 aromatic rings. The molecular formula is C28H30N6O2. The first-order chi connectivity index (χ1) is 17.6. The van der Waals surface area contributed by atoms with Crippen LogP contribution in [-0.4, -0.2) is 55.8 Å². The van der Waals surface area contributed by atoms with Gasteiger partial charge in [0, 0.05) is 48.7 Å². The van der Waals surface area contributed by atoms with Crippen LogP contribution in [0.15, 0.2) is 67.0 Å². The SMILES string of the molecule is COc1cccc(CC(O)N2CCC(c3nc(-c4cc5ccccc5[nH]4)c4c(N)nccn34)CC2)c1. The van der Waals surface area contributed by atoms with E-state index in [1.807, 2.05) is 42.6 Å².